The molecule has 0 aliphatic carbocycles. The smallest absolute Gasteiger partial charge is 0.171 e. The molecule has 2 aliphatic rings. The van der Waals surface area contributed by atoms with Gasteiger partial charge in [-0.3, -0.25) is 4.79 Å². The third-order valence-corrected chi connectivity index (χ3v) is 2.87. The van der Waals surface area contributed by atoms with Gasteiger partial charge in [-0.05, 0) is 12.8 Å². The summed E-state index contributed by atoms with van der Waals surface area (Å²) >= 11 is 0. The van der Waals surface area contributed by atoms with E-state index in [9.17, 15) is 4.79 Å². The van der Waals surface area contributed by atoms with Gasteiger partial charge in [0, 0.05) is 13.0 Å². The minimum Gasteiger partial charge on any atom is -0.353 e. The number of hydrogen-bond acceptors (Lipinski definition) is 4. The average molecular weight is 200 g/mol. The maximum absolute atomic E-state index is 11.4. The van der Waals surface area contributed by atoms with Crippen molar-refractivity contribution in [3.05, 3.63) is 0 Å². The van der Waals surface area contributed by atoms with Crippen molar-refractivity contribution in [2.24, 2.45) is 11.8 Å². The average Bonchev–Trinajstić information content (AvgIpc) is 2.48. The van der Waals surface area contributed by atoms with Gasteiger partial charge in [0.15, 0.2) is 18.4 Å². The molecule has 4 unspecified atom stereocenters. The van der Waals surface area contributed by atoms with E-state index in [1.807, 2.05) is 6.92 Å². The van der Waals surface area contributed by atoms with Crippen LogP contribution in [0.5, 0.6) is 0 Å². The molecule has 4 heteroatoms. The fourth-order valence-electron chi connectivity index (χ4n) is 2.17. The maximum Gasteiger partial charge on any atom is 0.171 e. The van der Waals surface area contributed by atoms with Crippen LogP contribution in [-0.2, 0) is 19.0 Å². The van der Waals surface area contributed by atoms with Crippen LogP contribution in [-0.4, -0.2) is 31.6 Å². The lowest BCUT2D eigenvalue weighted by Gasteiger charge is -2.34. The van der Waals surface area contributed by atoms with E-state index in [2.05, 4.69) is 6.92 Å². The van der Waals surface area contributed by atoms with E-state index in [-0.39, 0.29) is 30.9 Å². The zero-order chi connectivity index (χ0) is 10.1. The zero-order valence-corrected chi connectivity index (χ0v) is 8.56. The SMILES string of the molecule is CCOC1CC(C)C2C(=O)COC2O1. The van der Waals surface area contributed by atoms with Crippen molar-refractivity contribution in [1.29, 1.82) is 0 Å². The molecule has 0 spiro atoms. The number of fused-ring (bicyclic) bond motifs is 1. The molecule has 2 rings (SSSR count). The fourth-order valence-corrected chi connectivity index (χ4v) is 2.17. The largest absolute Gasteiger partial charge is 0.353 e. The Morgan fingerprint density at radius 2 is 2.36 bits per heavy atom. The van der Waals surface area contributed by atoms with Crippen molar-refractivity contribution < 1.29 is 19.0 Å². The third kappa shape index (κ3) is 1.69. The molecule has 14 heavy (non-hydrogen) atoms. The van der Waals surface area contributed by atoms with Gasteiger partial charge in [0.05, 0.1) is 5.92 Å². The van der Waals surface area contributed by atoms with Crippen LogP contribution in [0.3, 0.4) is 0 Å². The zero-order valence-electron chi connectivity index (χ0n) is 8.56. The van der Waals surface area contributed by atoms with Gasteiger partial charge in [-0.1, -0.05) is 6.92 Å². The number of hydrogen-bond donors (Lipinski definition) is 0. The van der Waals surface area contributed by atoms with E-state index in [1.165, 1.54) is 0 Å². The van der Waals surface area contributed by atoms with Gasteiger partial charge in [-0.2, -0.15) is 0 Å². The molecule has 0 aromatic heterocycles. The topological polar surface area (TPSA) is 44.8 Å². The van der Waals surface area contributed by atoms with Crippen LogP contribution in [0, 0.1) is 11.8 Å². The first-order valence-electron chi connectivity index (χ1n) is 5.13. The number of ether oxygens (including phenoxy) is 3. The number of Topliss-reactive ketones (excluding diaryl/α,β-unsaturated/α-hetero) is 1. The second-order valence-electron chi connectivity index (χ2n) is 3.91. The summed E-state index contributed by atoms with van der Waals surface area (Å²) in [4.78, 5) is 11.4. The van der Waals surface area contributed by atoms with E-state index >= 15 is 0 Å². The van der Waals surface area contributed by atoms with Crippen molar-refractivity contribution in [2.75, 3.05) is 13.2 Å². The quantitative estimate of drug-likeness (QED) is 0.665. The molecule has 0 bridgehead atoms. The molecule has 0 amide bonds. The lowest BCUT2D eigenvalue weighted by atomic mass is 9.86. The summed E-state index contributed by atoms with van der Waals surface area (Å²) in [6, 6.07) is 0. The van der Waals surface area contributed by atoms with E-state index < -0.39 is 0 Å². The van der Waals surface area contributed by atoms with Crippen molar-refractivity contribution >= 4 is 5.78 Å². The van der Waals surface area contributed by atoms with Gasteiger partial charge in [-0.25, -0.2) is 0 Å². The van der Waals surface area contributed by atoms with E-state index in [4.69, 9.17) is 14.2 Å². The Labute approximate surface area is 83.5 Å². The van der Waals surface area contributed by atoms with Crippen LogP contribution in [0.2, 0.25) is 0 Å². The first kappa shape index (κ1) is 10.1. The van der Waals surface area contributed by atoms with Crippen molar-refractivity contribution in [3.8, 4) is 0 Å². The highest BCUT2D eigenvalue weighted by atomic mass is 16.8. The van der Waals surface area contributed by atoms with Gasteiger partial charge in [-0.15, -0.1) is 0 Å². The Bertz CT molecular complexity index is 228. The highest BCUT2D eigenvalue weighted by Crippen LogP contribution is 2.35. The van der Waals surface area contributed by atoms with Crippen molar-refractivity contribution in [3.63, 3.8) is 0 Å². The minimum absolute atomic E-state index is 0.0771. The number of ketones is 1. The molecule has 0 aromatic rings. The standard InChI is InChI=1S/C10H16O4/c1-3-12-8-4-6(2)9-7(11)5-13-10(9)14-8/h6,8-10H,3-5H2,1-2H3. The predicted octanol–water partition coefficient (Wildman–Crippen LogP) is 0.947. The van der Waals surface area contributed by atoms with Gasteiger partial charge >= 0.3 is 0 Å². The molecule has 4 atom stereocenters. The molecule has 0 N–H and O–H groups in total. The van der Waals surface area contributed by atoms with Crippen LogP contribution in [0.25, 0.3) is 0 Å². The first-order valence-corrected chi connectivity index (χ1v) is 5.13. The summed E-state index contributed by atoms with van der Waals surface area (Å²) < 4.78 is 16.2. The molecular formula is C10H16O4. The summed E-state index contributed by atoms with van der Waals surface area (Å²) in [6.45, 7) is 4.81. The Kier molecular flexibility index (Phi) is 2.85. The van der Waals surface area contributed by atoms with Crippen LogP contribution in [0.15, 0.2) is 0 Å². The molecule has 4 nitrogen and oxygen atoms in total. The van der Waals surface area contributed by atoms with Crippen molar-refractivity contribution in [2.45, 2.75) is 32.8 Å². The molecule has 2 fully saturated rings. The van der Waals surface area contributed by atoms with Crippen LogP contribution in [0.4, 0.5) is 0 Å². The molecular weight excluding hydrogens is 184 g/mol. The molecule has 80 valence electrons. The Balaban J connectivity index is 2.01. The van der Waals surface area contributed by atoms with Gasteiger partial charge in [0.2, 0.25) is 0 Å². The highest BCUT2D eigenvalue weighted by molar-refractivity contribution is 5.84. The molecule has 2 aliphatic heterocycles. The van der Waals surface area contributed by atoms with Crippen LogP contribution < -0.4 is 0 Å². The molecule has 0 radical (unpaired) electrons. The van der Waals surface area contributed by atoms with Crippen LogP contribution in [0.1, 0.15) is 20.3 Å². The van der Waals surface area contributed by atoms with Gasteiger partial charge in [0.1, 0.15) is 6.61 Å². The molecule has 2 heterocycles. The lowest BCUT2D eigenvalue weighted by molar-refractivity contribution is -0.272. The number of carbonyl (C=O) groups is 1. The molecule has 0 saturated carbocycles. The third-order valence-electron chi connectivity index (χ3n) is 2.87. The Hall–Kier alpha value is -0.450. The first-order chi connectivity index (χ1) is 6.72. The van der Waals surface area contributed by atoms with E-state index in [0.29, 0.717) is 12.5 Å². The summed E-state index contributed by atoms with van der Waals surface area (Å²) in [5.41, 5.74) is 0. The Morgan fingerprint density at radius 1 is 1.57 bits per heavy atom. The van der Waals surface area contributed by atoms with Gasteiger partial charge in [0.25, 0.3) is 0 Å². The Morgan fingerprint density at radius 3 is 3.07 bits per heavy atom. The normalized spacial score (nSPS) is 42.6. The molecule has 0 aromatic carbocycles. The fraction of sp³-hybridized carbons (Fsp3) is 0.900. The minimum atomic E-state index is -0.372. The summed E-state index contributed by atoms with van der Waals surface area (Å²) in [5.74, 6) is 0.379. The second kappa shape index (κ2) is 3.96. The monoisotopic (exact) mass is 200 g/mol. The number of rotatable bonds is 2. The highest BCUT2D eigenvalue weighted by Gasteiger charge is 2.45. The van der Waals surface area contributed by atoms with E-state index in [0.717, 1.165) is 6.42 Å². The van der Waals surface area contributed by atoms with Crippen LogP contribution >= 0.6 is 0 Å². The van der Waals surface area contributed by atoms with Gasteiger partial charge < -0.3 is 14.2 Å². The summed E-state index contributed by atoms with van der Waals surface area (Å²) in [5, 5.41) is 0. The predicted molar refractivity (Wildman–Crippen MR) is 48.5 cm³/mol. The number of carbonyl (C=O) groups excluding carboxylic acids is 1. The maximum atomic E-state index is 11.4. The molecule has 2 saturated heterocycles. The van der Waals surface area contributed by atoms with Crippen molar-refractivity contribution in [1.82, 2.24) is 0 Å². The second-order valence-corrected chi connectivity index (χ2v) is 3.91. The summed E-state index contributed by atoms with van der Waals surface area (Å²) in [7, 11) is 0. The summed E-state index contributed by atoms with van der Waals surface area (Å²) in [6.07, 6.45) is 0.203. The van der Waals surface area contributed by atoms with E-state index in [1.54, 1.807) is 0 Å². The lowest BCUT2D eigenvalue weighted by Crippen LogP contribution is -2.41.